The monoisotopic (exact) mass is 303 g/mol. The van der Waals surface area contributed by atoms with Crippen molar-refractivity contribution < 1.29 is 4.39 Å². The van der Waals surface area contributed by atoms with E-state index in [4.69, 9.17) is 29.1 Å². The minimum atomic E-state index is -0.548. The number of hydrogen-bond donors (Lipinski definition) is 1. The Bertz CT molecular complexity index is 920. The Labute approximate surface area is 123 Å². The zero-order valence-corrected chi connectivity index (χ0v) is 11.6. The largest absolute Gasteiger partial charge is 0.329 e. The Hall–Kier alpha value is -2.16. The fourth-order valence-electron chi connectivity index (χ4n) is 2.13. The van der Waals surface area contributed by atoms with Crippen LogP contribution in [0.25, 0.3) is 16.7 Å². The van der Waals surface area contributed by atoms with Gasteiger partial charge in [0, 0.05) is 0 Å². The van der Waals surface area contributed by atoms with Crippen LogP contribution >= 0.6 is 23.8 Å². The average molecular weight is 304 g/mol. The first-order chi connectivity index (χ1) is 9.63. The molecular weight excluding hydrogens is 297 g/mol. The van der Waals surface area contributed by atoms with Gasteiger partial charge >= 0.3 is 0 Å². The Morgan fingerprint density at radius 2 is 2.00 bits per heavy atom. The molecule has 0 spiro atoms. The number of nitrogens with one attached hydrogen (secondary N) is 1. The van der Waals surface area contributed by atoms with Gasteiger partial charge in [0.05, 0.1) is 27.3 Å². The van der Waals surface area contributed by atoms with Crippen LogP contribution in [0.3, 0.4) is 0 Å². The number of nitrogens with zero attached hydrogens (tertiary/aromatic N) is 2. The van der Waals surface area contributed by atoms with E-state index in [9.17, 15) is 4.39 Å². The summed E-state index contributed by atoms with van der Waals surface area (Å²) < 4.78 is 16.0. The Kier molecular flexibility index (Phi) is 3.05. The summed E-state index contributed by atoms with van der Waals surface area (Å²) in [6, 6.07) is 11.9. The second-order valence-electron chi connectivity index (χ2n) is 4.15. The van der Waals surface area contributed by atoms with Crippen molar-refractivity contribution in [3.63, 3.8) is 0 Å². The molecule has 98 valence electrons. The summed E-state index contributed by atoms with van der Waals surface area (Å²) in [5.41, 5.74) is 1.92. The lowest BCUT2D eigenvalue weighted by Crippen LogP contribution is -1.98. The van der Waals surface area contributed by atoms with Gasteiger partial charge in [-0.2, -0.15) is 5.26 Å². The van der Waals surface area contributed by atoms with Gasteiger partial charge in [-0.3, -0.25) is 4.57 Å². The summed E-state index contributed by atoms with van der Waals surface area (Å²) in [5, 5.41) is 9.12. The molecule has 1 N–H and O–H groups in total. The van der Waals surface area contributed by atoms with Gasteiger partial charge in [-0.05, 0) is 36.5 Å². The number of hydrogen-bond acceptors (Lipinski definition) is 2. The molecule has 0 bridgehead atoms. The molecule has 3 rings (SSSR count). The van der Waals surface area contributed by atoms with Crippen LogP contribution in [0.1, 0.15) is 5.56 Å². The van der Waals surface area contributed by atoms with Crippen molar-refractivity contribution in [2.24, 2.45) is 0 Å². The van der Waals surface area contributed by atoms with Crippen LogP contribution in [0.15, 0.2) is 36.4 Å². The van der Waals surface area contributed by atoms with Gasteiger partial charge in [0.2, 0.25) is 0 Å². The topological polar surface area (TPSA) is 44.5 Å². The number of rotatable bonds is 1. The zero-order chi connectivity index (χ0) is 14.3. The number of aromatic nitrogens is 2. The van der Waals surface area contributed by atoms with Crippen LogP contribution < -0.4 is 0 Å². The quantitative estimate of drug-likeness (QED) is 0.679. The van der Waals surface area contributed by atoms with Gasteiger partial charge in [0.1, 0.15) is 6.07 Å². The van der Waals surface area contributed by atoms with E-state index in [1.165, 1.54) is 10.6 Å². The Morgan fingerprint density at radius 3 is 2.75 bits per heavy atom. The fourth-order valence-corrected chi connectivity index (χ4v) is 2.60. The molecule has 0 amide bonds. The molecule has 1 heterocycles. The summed E-state index contributed by atoms with van der Waals surface area (Å²) in [7, 11) is 0. The predicted molar refractivity (Wildman–Crippen MR) is 78.1 cm³/mol. The minimum Gasteiger partial charge on any atom is -0.329 e. The van der Waals surface area contributed by atoms with Crippen molar-refractivity contribution in [2.75, 3.05) is 0 Å². The number of H-pyrrole nitrogens is 1. The number of aromatic amines is 1. The van der Waals surface area contributed by atoms with Gasteiger partial charge in [0.25, 0.3) is 0 Å². The normalized spacial score (nSPS) is 10.7. The van der Waals surface area contributed by atoms with Crippen LogP contribution in [-0.4, -0.2) is 9.55 Å². The molecular formula is C14H7ClFN3S. The van der Waals surface area contributed by atoms with Gasteiger partial charge in [-0.1, -0.05) is 23.7 Å². The number of imidazole rings is 1. The summed E-state index contributed by atoms with van der Waals surface area (Å²) >= 11 is 11.0. The van der Waals surface area contributed by atoms with Crippen molar-refractivity contribution in [3.05, 3.63) is 57.6 Å². The third kappa shape index (κ3) is 1.82. The third-order valence-electron chi connectivity index (χ3n) is 3.01. The molecule has 3 aromatic rings. The first kappa shape index (κ1) is 12.9. The first-order valence-corrected chi connectivity index (χ1v) is 6.50. The van der Waals surface area contributed by atoms with E-state index >= 15 is 0 Å². The van der Waals surface area contributed by atoms with Crippen molar-refractivity contribution in [1.82, 2.24) is 9.55 Å². The van der Waals surface area contributed by atoms with Crippen LogP contribution in [0, 0.1) is 21.9 Å². The minimum absolute atomic E-state index is 0.0233. The Morgan fingerprint density at radius 1 is 1.25 bits per heavy atom. The molecule has 1 aromatic heterocycles. The van der Waals surface area contributed by atoms with E-state index in [0.29, 0.717) is 21.4 Å². The van der Waals surface area contributed by atoms with E-state index in [2.05, 4.69) is 11.1 Å². The average Bonchev–Trinajstić information content (AvgIpc) is 2.78. The SMILES string of the molecule is N#Cc1cccc2c1[nH]c(=S)n2-c1cccc(Cl)c1F. The molecule has 0 saturated carbocycles. The summed E-state index contributed by atoms with van der Waals surface area (Å²) in [6.45, 7) is 0. The lowest BCUT2D eigenvalue weighted by molar-refractivity contribution is 0.619. The van der Waals surface area contributed by atoms with Gasteiger partial charge in [-0.15, -0.1) is 0 Å². The van der Waals surface area contributed by atoms with Crippen molar-refractivity contribution >= 4 is 34.9 Å². The molecule has 0 fully saturated rings. The smallest absolute Gasteiger partial charge is 0.182 e. The second kappa shape index (κ2) is 4.75. The van der Waals surface area contributed by atoms with E-state index in [1.54, 1.807) is 30.3 Å². The summed E-state index contributed by atoms with van der Waals surface area (Å²) in [5.74, 6) is -0.548. The molecule has 0 unspecified atom stereocenters. The highest BCUT2D eigenvalue weighted by molar-refractivity contribution is 7.71. The molecule has 0 saturated heterocycles. The molecule has 2 aromatic carbocycles. The summed E-state index contributed by atoms with van der Waals surface area (Å²) in [6.07, 6.45) is 0. The molecule has 0 radical (unpaired) electrons. The number of para-hydroxylation sites is 1. The molecule has 0 aliphatic rings. The van der Waals surface area contributed by atoms with Gasteiger partial charge in [-0.25, -0.2) is 4.39 Å². The third-order valence-corrected chi connectivity index (χ3v) is 3.59. The highest BCUT2D eigenvalue weighted by Crippen LogP contribution is 2.26. The lowest BCUT2D eigenvalue weighted by atomic mass is 10.2. The lowest BCUT2D eigenvalue weighted by Gasteiger charge is -2.07. The van der Waals surface area contributed by atoms with Crippen LogP contribution in [0.5, 0.6) is 0 Å². The van der Waals surface area contributed by atoms with Crippen LogP contribution in [0.4, 0.5) is 4.39 Å². The highest BCUT2D eigenvalue weighted by atomic mass is 35.5. The second-order valence-corrected chi connectivity index (χ2v) is 4.94. The Balaban J connectivity index is 2.44. The van der Waals surface area contributed by atoms with Crippen LogP contribution in [0.2, 0.25) is 5.02 Å². The van der Waals surface area contributed by atoms with E-state index in [-0.39, 0.29) is 10.7 Å². The molecule has 0 aliphatic heterocycles. The maximum absolute atomic E-state index is 14.2. The predicted octanol–water partition coefficient (Wildman–Crippen LogP) is 4.35. The molecule has 3 nitrogen and oxygen atoms in total. The first-order valence-electron chi connectivity index (χ1n) is 5.71. The maximum atomic E-state index is 14.2. The number of nitriles is 1. The molecule has 20 heavy (non-hydrogen) atoms. The van der Waals surface area contributed by atoms with Crippen LogP contribution in [-0.2, 0) is 0 Å². The van der Waals surface area contributed by atoms with Gasteiger partial charge < -0.3 is 4.98 Å². The number of fused-ring (bicyclic) bond motifs is 1. The van der Waals surface area contributed by atoms with Crippen molar-refractivity contribution in [3.8, 4) is 11.8 Å². The zero-order valence-electron chi connectivity index (χ0n) is 10.0. The standard InChI is InChI=1S/C14H7ClFN3S/c15-9-4-2-5-10(12(9)16)19-11-6-1-3-8(7-17)13(11)18-14(19)20/h1-6H,(H,18,20). The van der Waals surface area contributed by atoms with Crippen molar-refractivity contribution in [2.45, 2.75) is 0 Å². The number of halogens is 2. The molecule has 0 atom stereocenters. The highest BCUT2D eigenvalue weighted by Gasteiger charge is 2.14. The summed E-state index contributed by atoms with van der Waals surface area (Å²) in [4.78, 5) is 2.94. The van der Waals surface area contributed by atoms with Gasteiger partial charge in [0.15, 0.2) is 10.6 Å². The van der Waals surface area contributed by atoms with E-state index in [1.807, 2.05) is 0 Å². The fraction of sp³-hybridized carbons (Fsp3) is 0. The molecule has 6 heteroatoms. The van der Waals surface area contributed by atoms with E-state index < -0.39 is 5.82 Å². The maximum Gasteiger partial charge on any atom is 0.182 e. The van der Waals surface area contributed by atoms with Crippen molar-refractivity contribution in [1.29, 1.82) is 5.26 Å². The van der Waals surface area contributed by atoms with E-state index in [0.717, 1.165) is 0 Å². The molecule has 0 aliphatic carbocycles. The number of benzene rings is 2.